The highest BCUT2D eigenvalue weighted by Crippen LogP contribution is 2.26. The van der Waals surface area contributed by atoms with Crippen molar-refractivity contribution in [2.24, 2.45) is 5.92 Å². The summed E-state index contributed by atoms with van der Waals surface area (Å²) in [6, 6.07) is 3.09. The molecular weight excluding hydrogens is 300 g/mol. The number of hydrogen-bond donors (Lipinski definition) is 2. The van der Waals surface area contributed by atoms with Gasteiger partial charge in [-0.2, -0.15) is 0 Å². The van der Waals surface area contributed by atoms with E-state index in [0.29, 0.717) is 17.7 Å². The Balaban J connectivity index is 1.84. The molecule has 114 valence electrons. The lowest BCUT2D eigenvalue weighted by atomic mass is 10.0. The molecule has 2 unspecified atom stereocenters. The first-order chi connectivity index (χ1) is 9.97. The molecule has 4 nitrogen and oxygen atoms in total. The maximum absolute atomic E-state index is 13.0. The zero-order valence-electron chi connectivity index (χ0n) is 11.1. The lowest BCUT2D eigenvalue weighted by molar-refractivity contribution is -0.142. The summed E-state index contributed by atoms with van der Waals surface area (Å²) in [5, 5.41) is 11.7. The maximum atomic E-state index is 13.0. The highest BCUT2D eigenvalue weighted by atomic mass is 32.2. The van der Waals surface area contributed by atoms with Gasteiger partial charge in [-0.15, -0.1) is 11.8 Å². The number of rotatable bonds is 5. The summed E-state index contributed by atoms with van der Waals surface area (Å²) >= 11 is 1.08. The summed E-state index contributed by atoms with van der Waals surface area (Å²) in [7, 11) is 0. The fourth-order valence-corrected chi connectivity index (χ4v) is 3.12. The molecule has 0 radical (unpaired) electrons. The normalized spacial score (nSPS) is 21.2. The van der Waals surface area contributed by atoms with Crippen molar-refractivity contribution in [3.05, 3.63) is 29.8 Å². The van der Waals surface area contributed by atoms with Crippen LogP contribution in [0.4, 0.5) is 8.78 Å². The predicted octanol–water partition coefficient (Wildman–Crippen LogP) is 2.43. The summed E-state index contributed by atoms with van der Waals surface area (Å²) in [5.74, 6) is -3.59. The van der Waals surface area contributed by atoms with E-state index in [1.54, 1.807) is 0 Å². The van der Waals surface area contributed by atoms with Crippen molar-refractivity contribution in [2.45, 2.75) is 30.2 Å². The second-order valence-corrected chi connectivity index (χ2v) is 5.96. The average molecular weight is 315 g/mol. The largest absolute Gasteiger partial charge is 0.481 e. The van der Waals surface area contributed by atoms with Gasteiger partial charge in [0.2, 0.25) is 5.91 Å². The molecule has 0 spiro atoms. The van der Waals surface area contributed by atoms with Crippen LogP contribution in [0.1, 0.15) is 19.3 Å². The molecule has 1 saturated carbocycles. The summed E-state index contributed by atoms with van der Waals surface area (Å²) in [6.07, 6.45) is 1.99. The van der Waals surface area contributed by atoms with Crippen molar-refractivity contribution >= 4 is 23.6 Å². The predicted molar refractivity (Wildman–Crippen MR) is 74.0 cm³/mol. The van der Waals surface area contributed by atoms with Gasteiger partial charge in [0, 0.05) is 10.9 Å². The van der Waals surface area contributed by atoms with Crippen molar-refractivity contribution in [1.82, 2.24) is 5.32 Å². The smallest absolute Gasteiger partial charge is 0.308 e. The fourth-order valence-electron chi connectivity index (χ4n) is 2.39. The minimum atomic E-state index is -0.956. The van der Waals surface area contributed by atoms with Crippen LogP contribution in [0.5, 0.6) is 0 Å². The van der Waals surface area contributed by atoms with E-state index in [9.17, 15) is 18.4 Å². The lowest BCUT2D eigenvalue weighted by Crippen LogP contribution is -2.40. The van der Waals surface area contributed by atoms with Gasteiger partial charge < -0.3 is 10.4 Å². The van der Waals surface area contributed by atoms with Crippen LogP contribution in [-0.2, 0) is 9.59 Å². The van der Waals surface area contributed by atoms with Crippen LogP contribution in [0.2, 0.25) is 0 Å². The average Bonchev–Trinajstić information content (AvgIpc) is 2.88. The highest BCUT2D eigenvalue weighted by molar-refractivity contribution is 8.00. The van der Waals surface area contributed by atoms with E-state index < -0.39 is 23.5 Å². The van der Waals surface area contributed by atoms with Gasteiger partial charge in [-0.05, 0) is 31.0 Å². The molecule has 0 aliphatic heterocycles. The minimum absolute atomic E-state index is 0.0356. The molecule has 1 aliphatic carbocycles. The third-order valence-electron chi connectivity index (χ3n) is 3.44. The third-order valence-corrected chi connectivity index (χ3v) is 4.43. The number of carboxylic acids is 1. The Bertz CT molecular complexity index is 553. The van der Waals surface area contributed by atoms with Crippen LogP contribution >= 0.6 is 11.8 Å². The molecule has 1 amide bonds. The van der Waals surface area contributed by atoms with Crippen LogP contribution in [0.25, 0.3) is 0 Å². The number of benzene rings is 1. The van der Waals surface area contributed by atoms with Crippen molar-refractivity contribution < 1.29 is 23.5 Å². The summed E-state index contributed by atoms with van der Waals surface area (Å²) in [4.78, 5) is 23.3. The van der Waals surface area contributed by atoms with Gasteiger partial charge in [0.25, 0.3) is 0 Å². The number of carboxylic acid groups (broad SMARTS) is 1. The molecule has 0 heterocycles. The van der Waals surface area contributed by atoms with E-state index in [2.05, 4.69) is 5.32 Å². The topological polar surface area (TPSA) is 66.4 Å². The molecule has 1 aliphatic rings. The Morgan fingerprint density at radius 2 is 2.05 bits per heavy atom. The molecule has 0 bridgehead atoms. The Labute approximate surface area is 124 Å². The van der Waals surface area contributed by atoms with Gasteiger partial charge in [-0.1, -0.05) is 6.42 Å². The first-order valence-corrected chi connectivity index (χ1v) is 7.56. The van der Waals surface area contributed by atoms with Crippen molar-refractivity contribution in [3.63, 3.8) is 0 Å². The van der Waals surface area contributed by atoms with Crippen molar-refractivity contribution in [2.75, 3.05) is 5.75 Å². The van der Waals surface area contributed by atoms with Crippen LogP contribution in [0, 0.1) is 17.6 Å². The fraction of sp³-hybridized carbons (Fsp3) is 0.429. The van der Waals surface area contributed by atoms with Crippen LogP contribution in [0.3, 0.4) is 0 Å². The molecular formula is C14H15F2NO3S. The van der Waals surface area contributed by atoms with Crippen LogP contribution < -0.4 is 5.32 Å². The third kappa shape index (κ3) is 4.17. The Hall–Kier alpha value is -1.63. The minimum Gasteiger partial charge on any atom is -0.481 e. The zero-order chi connectivity index (χ0) is 15.4. The molecule has 1 aromatic rings. The molecule has 0 saturated heterocycles. The number of halogens is 2. The van der Waals surface area contributed by atoms with E-state index in [-0.39, 0.29) is 17.7 Å². The number of amides is 1. The van der Waals surface area contributed by atoms with Gasteiger partial charge in [0.1, 0.15) is 0 Å². The highest BCUT2D eigenvalue weighted by Gasteiger charge is 2.33. The maximum Gasteiger partial charge on any atom is 0.308 e. The van der Waals surface area contributed by atoms with Gasteiger partial charge in [-0.3, -0.25) is 9.59 Å². The summed E-state index contributed by atoms with van der Waals surface area (Å²) < 4.78 is 25.8. The number of aliphatic carboxylic acids is 1. The number of nitrogens with one attached hydrogen (secondary N) is 1. The van der Waals surface area contributed by atoms with E-state index >= 15 is 0 Å². The Kier molecular flexibility index (Phi) is 5.17. The standard InChI is InChI=1S/C14H15F2NO3S/c15-10-5-4-8(6-11(10)16)21-7-13(18)17-12-3-1-2-9(12)14(19)20/h4-6,9,12H,1-3,7H2,(H,17,18)(H,19,20). The van der Waals surface area contributed by atoms with E-state index in [1.807, 2.05) is 0 Å². The zero-order valence-corrected chi connectivity index (χ0v) is 12.0. The van der Waals surface area contributed by atoms with Crippen molar-refractivity contribution in [3.8, 4) is 0 Å². The van der Waals surface area contributed by atoms with Crippen molar-refractivity contribution in [1.29, 1.82) is 0 Å². The van der Waals surface area contributed by atoms with Gasteiger partial charge >= 0.3 is 5.97 Å². The quantitative estimate of drug-likeness (QED) is 0.819. The molecule has 21 heavy (non-hydrogen) atoms. The van der Waals surface area contributed by atoms with E-state index in [0.717, 1.165) is 30.3 Å². The van der Waals surface area contributed by atoms with Crippen LogP contribution in [-0.4, -0.2) is 28.8 Å². The Morgan fingerprint density at radius 3 is 2.71 bits per heavy atom. The van der Waals surface area contributed by atoms with E-state index in [1.165, 1.54) is 6.07 Å². The van der Waals surface area contributed by atoms with Gasteiger partial charge in [0.05, 0.1) is 11.7 Å². The summed E-state index contributed by atoms with van der Waals surface area (Å²) in [6.45, 7) is 0. The SMILES string of the molecule is O=C(CSc1ccc(F)c(F)c1)NC1CCCC1C(=O)O. The first kappa shape index (κ1) is 15.8. The van der Waals surface area contributed by atoms with Gasteiger partial charge in [-0.25, -0.2) is 8.78 Å². The molecule has 1 aromatic carbocycles. The summed E-state index contributed by atoms with van der Waals surface area (Å²) in [5.41, 5.74) is 0. The molecule has 7 heteroatoms. The molecule has 2 N–H and O–H groups in total. The van der Waals surface area contributed by atoms with Crippen LogP contribution in [0.15, 0.2) is 23.1 Å². The molecule has 2 atom stereocenters. The number of carbonyl (C=O) groups is 2. The molecule has 0 aromatic heterocycles. The Morgan fingerprint density at radius 1 is 1.29 bits per heavy atom. The second-order valence-electron chi connectivity index (χ2n) is 4.91. The van der Waals surface area contributed by atoms with Gasteiger partial charge in [0.15, 0.2) is 11.6 Å². The molecule has 1 fully saturated rings. The first-order valence-electron chi connectivity index (χ1n) is 6.57. The van der Waals surface area contributed by atoms with E-state index in [4.69, 9.17) is 5.11 Å². The monoisotopic (exact) mass is 315 g/mol. The number of carbonyl (C=O) groups excluding carboxylic acids is 1. The number of thioether (sulfide) groups is 1. The number of hydrogen-bond acceptors (Lipinski definition) is 3. The second kappa shape index (κ2) is 6.89. The lowest BCUT2D eigenvalue weighted by Gasteiger charge is -2.17. The molecule has 2 rings (SSSR count).